The highest BCUT2D eigenvalue weighted by atomic mass is 16.3. The molecule has 0 saturated carbocycles. The molecule has 4 heteroatoms. The van der Waals surface area contributed by atoms with Gasteiger partial charge in [-0.3, -0.25) is 0 Å². The van der Waals surface area contributed by atoms with Gasteiger partial charge >= 0.3 is 6.03 Å². The van der Waals surface area contributed by atoms with Crippen LogP contribution in [0.25, 0.3) is 0 Å². The van der Waals surface area contributed by atoms with Crippen LogP contribution in [0.3, 0.4) is 0 Å². The standard InChI is InChI=1S/C11H24N2O2/c1-9(2)5-4-7-12-11(15)13-10(3)6-8-14/h9-10,14H,4-8H2,1-3H3,(H2,12,13,15)/t10-/m1/s1. The van der Waals surface area contributed by atoms with Gasteiger partial charge in [0.2, 0.25) is 0 Å². The number of nitrogens with one attached hydrogen (secondary N) is 2. The summed E-state index contributed by atoms with van der Waals surface area (Å²) in [4.78, 5) is 11.3. The van der Waals surface area contributed by atoms with Crippen LogP contribution in [0.2, 0.25) is 0 Å². The van der Waals surface area contributed by atoms with Gasteiger partial charge in [-0.05, 0) is 32.1 Å². The first kappa shape index (κ1) is 14.2. The maximum Gasteiger partial charge on any atom is 0.314 e. The molecule has 0 aromatic carbocycles. The summed E-state index contributed by atoms with van der Waals surface area (Å²) in [5.41, 5.74) is 0. The summed E-state index contributed by atoms with van der Waals surface area (Å²) in [6.07, 6.45) is 2.74. The molecular formula is C11H24N2O2. The fourth-order valence-corrected chi connectivity index (χ4v) is 1.25. The normalized spacial score (nSPS) is 12.6. The van der Waals surface area contributed by atoms with Crippen LogP contribution in [0.4, 0.5) is 4.79 Å². The van der Waals surface area contributed by atoms with Gasteiger partial charge in [0.15, 0.2) is 0 Å². The maximum absolute atomic E-state index is 11.3. The van der Waals surface area contributed by atoms with Crippen LogP contribution in [-0.2, 0) is 0 Å². The molecule has 0 aromatic heterocycles. The Kier molecular flexibility index (Phi) is 8.09. The quantitative estimate of drug-likeness (QED) is 0.565. The SMILES string of the molecule is CC(C)CCCNC(=O)N[C@H](C)CCO. The monoisotopic (exact) mass is 216 g/mol. The third-order valence-corrected chi connectivity index (χ3v) is 2.18. The van der Waals surface area contributed by atoms with Crippen molar-refractivity contribution >= 4 is 6.03 Å². The van der Waals surface area contributed by atoms with Gasteiger partial charge < -0.3 is 15.7 Å². The van der Waals surface area contributed by atoms with Gasteiger partial charge in [-0.1, -0.05) is 13.8 Å². The molecule has 0 radical (unpaired) electrons. The molecule has 4 nitrogen and oxygen atoms in total. The van der Waals surface area contributed by atoms with Gasteiger partial charge in [-0.25, -0.2) is 4.79 Å². The predicted octanol–water partition coefficient (Wildman–Crippen LogP) is 1.49. The van der Waals surface area contributed by atoms with Crippen LogP contribution >= 0.6 is 0 Å². The van der Waals surface area contributed by atoms with Crippen molar-refractivity contribution in [2.24, 2.45) is 5.92 Å². The molecule has 0 spiro atoms. The minimum atomic E-state index is -0.139. The fraction of sp³-hybridized carbons (Fsp3) is 0.909. The Labute approximate surface area is 92.4 Å². The molecule has 2 amide bonds. The van der Waals surface area contributed by atoms with E-state index in [2.05, 4.69) is 24.5 Å². The van der Waals surface area contributed by atoms with Crippen molar-refractivity contribution in [1.29, 1.82) is 0 Å². The Morgan fingerprint density at radius 1 is 1.27 bits per heavy atom. The summed E-state index contributed by atoms with van der Waals surface area (Å²) in [6.45, 7) is 7.04. The molecule has 0 heterocycles. The number of carbonyl (C=O) groups excluding carboxylic acids is 1. The number of aliphatic hydroxyl groups excluding tert-OH is 1. The lowest BCUT2D eigenvalue weighted by Gasteiger charge is -2.13. The zero-order chi connectivity index (χ0) is 11.7. The van der Waals surface area contributed by atoms with Crippen molar-refractivity contribution < 1.29 is 9.90 Å². The number of hydrogen-bond donors (Lipinski definition) is 3. The molecule has 3 N–H and O–H groups in total. The largest absolute Gasteiger partial charge is 0.396 e. The van der Waals surface area contributed by atoms with E-state index in [4.69, 9.17) is 5.11 Å². The molecule has 0 rings (SSSR count). The minimum Gasteiger partial charge on any atom is -0.396 e. The third-order valence-electron chi connectivity index (χ3n) is 2.18. The van der Waals surface area contributed by atoms with E-state index >= 15 is 0 Å². The van der Waals surface area contributed by atoms with Gasteiger partial charge in [-0.15, -0.1) is 0 Å². The first-order valence-corrected chi connectivity index (χ1v) is 5.71. The lowest BCUT2D eigenvalue weighted by molar-refractivity contribution is 0.230. The minimum absolute atomic E-state index is 0.0279. The molecule has 0 aliphatic rings. The summed E-state index contributed by atoms with van der Waals surface area (Å²) in [7, 11) is 0. The fourth-order valence-electron chi connectivity index (χ4n) is 1.25. The van der Waals surface area contributed by atoms with E-state index in [0.29, 0.717) is 12.3 Å². The van der Waals surface area contributed by atoms with E-state index in [9.17, 15) is 4.79 Å². The number of carbonyl (C=O) groups is 1. The molecule has 0 aliphatic heterocycles. The number of amides is 2. The van der Waals surface area contributed by atoms with Crippen molar-refractivity contribution in [3.05, 3.63) is 0 Å². The molecule has 0 unspecified atom stereocenters. The highest BCUT2D eigenvalue weighted by molar-refractivity contribution is 5.74. The van der Waals surface area contributed by atoms with Crippen LogP contribution in [0.5, 0.6) is 0 Å². The third kappa shape index (κ3) is 9.53. The molecule has 0 aromatic rings. The van der Waals surface area contributed by atoms with E-state index in [1.54, 1.807) is 0 Å². The molecule has 0 bridgehead atoms. The van der Waals surface area contributed by atoms with Crippen molar-refractivity contribution in [2.45, 2.75) is 46.1 Å². The Bertz CT molecular complexity index is 172. The van der Waals surface area contributed by atoms with E-state index in [1.807, 2.05) is 6.92 Å². The second-order valence-electron chi connectivity index (χ2n) is 4.35. The van der Waals surface area contributed by atoms with Gasteiger partial charge in [0.1, 0.15) is 0 Å². The Morgan fingerprint density at radius 3 is 2.47 bits per heavy atom. The highest BCUT2D eigenvalue weighted by Gasteiger charge is 2.05. The molecule has 0 aliphatic carbocycles. The lowest BCUT2D eigenvalue weighted by atomic mass is 10.1. The van der Waals surface area contributed by atoms with Crippen molar-refractivity contribution in [2.75, 3.05) is 13.2 Å². The summed E-state index contributed by atoms with van der Waals surface area (Å²) < 4.78 is 0. The molecule has 1 atom stereocenters. The van der Waals surface area contributed by atoms with E-state index in [-0.39, 0.29) is 18.7 Å². The Morgan fingerprint density at radius 2 is 1.93 bits per heavy atom. The molecule has 0 fully saturated rings. The van der Waals surface area contributed by atoms with Gasteiger partial charge in [0, 0.05) is 19.2 Å². The van der Waals surface area contributed by atoms with Gasteiger partial charge in [0.25, 0.3) is 0 Å². The molecule has 15 heavy (non-hydrogen) atoms. The Hall–Kier alpha value is -0.770. The number of rotatable bonds is 7. The van der Waals surface area contributed by atoms with Gasteiger partial charge in [-0.2, -0.15) is 0 Å². The zero-order valence-corrected chi connectivity index (χ0v) is 10.0. The van der Waals surface area contributed by atoms with Crippen LogP contribution in [0, 0.1) is 5.92 Å². The highest BCUT2D eigenvalue weighted by Crippen LogP contribution is 2.01. The summed E-state index contributed by atoms with van der Waals surface area (Å²) >= 11 is 0. The number of urea groups is 1. The summed E-state index contributed by atoms with van der Waals surface area (Å²) in [5, 5.41) is 14.2. The average Bonchev–Trinajstić information content (AvgIpc) is 2.12. The predicted molar refractivity (Wildman–Crippen MR) is 61.8 cm³/mol. The second kappa shape index (κ2) is 8.53. The van der Waals surface area contributed by atoms with Crippen LogP contribution in [0.1, 0.15) is 40.0 Å². The second-order valence-corrected chi connectivity index (χ2v) is 4.35. The first-order valence-electron chi connectivity index (χ1n) is 5.71. The Balaban J connectivity index is 3.40. The van der Waals surface area contributed by atoms with Crippen molar-refractivity contribution in [3.63, 3.8) is 0 Å². The van der Waals surface area contributed by atoms with Crippen LogP contribution in [0.15, 0.2) is 0 Å². The lowest BCUT2D eigenvalue weighted by Crippen LogP contribution is -2.41. The average molecular weight is 216 g/mol. The van der Waals surface area contributed by atoms with Gasteiger partial charge in [0.05, 0.1) is 0 Å². The van der Waals surface area contributed by atoms with E-state index in [1.165, 1.54) is 0 Å². The van der Waals surface area contributed by atoms with E-state index < -0.39 is 0 Å². The van der Waals surface area contributed by atoms with Crippen LogP contribution < -0.4 is 10.6 Å². The maximum atomic E-state index is 11.3. The van der Waals surface area contributed by atoms with Crippen LogP contribution in [-0.4, -0.2) is 30.3 Å². The molecular weight excluding hydrogens is 192 g/mol. The number of aliphatic hydroxyl groups is 1. The van der Waals surface area contributed by atoms with Crippen molar-refractivity contribution in [3.8, 4) is 0 Å². The van der Waals surface area contributed by atoms with E-state index in [0.717, 1.165) is 19.4 Å². The molecule has 90 valence electrons. The summed E-state index contributed by atoms with van der Waals surface area (Å²) in [5.74, 6) is 0.683. The summed E-state index contributed by atoms with van der Waals surface area (Å²) in [6, 6.07) is -0.111. The number of hydrogen-bond acceptors (Lipinski definition) is 2. The molecule has 0 saturated heterocycles. The van der Waals surface area contributed by atoms with Crippen molar-refractivity contribution in [1.82, 2.24) is 10.6 Å². The zero-order valence-electron chi connectivity index (χ0n) is 10.0. The smallest absolute Gasteiger partial charge is 0.314 e. The first-order chi connectivity index (χ1) is 7.06. The topological polar surface area (TPSA) is 61.4 Å².